The van der Waals surface area contributed by atoms with E-state index < -0.39 is 0 Å². The molecule has 0 radical (unpaired) electrons. The van der Waals surface area contributed by atoms with Gasteiger partial charge in [0.1, 0.15) is 19.0 Å². The second kappa shape index (κ2) is 10.8. The van der Waals surface area contributed by atoms with E-state index >= 15 is 0 Å². The van der Waals surface area contributed by atoms with Gasteiger partial charge in [-0.3, -0.25) is 4.90 Å². The fourth-order valence-corrected chi connectivity index (χ4v) is 5.69. The Hall–Kier alpha value is -2.48. The second-order valence-electron chi connectivity index (χ2n) is 8.69. The van der Waals surface area contributed by atoms with Gasteiger partial charge in [0.25, 0.3) is 0 Å². The van der Waals surface area contributed by atoms with Crippen molar-refractivity contribution < 1.29 is 9.47 Å². The molecule has 0 atom stereocenters. The topological polar surface area (TPSA) is 52.4 Å². The zero-order valence-electron chi connectivity index (χ0n) is 19.2. The number of piperidine rings is 1. The van der Waals surface area contributed by atoms with Gasteiger partial charge in [-0.15, -0.1) is 16.8 Å². The molecule has 2 aliphatic heterocycles. The summed E-state index contributed by atoms with van der Waals surface area (Å²) in [6, 6.07) is 14.3. The van der Waals surface area contributed by atoms with Crippen LogP contribution in [0.5, 0.6) is 11.5 Å². The Bertz CT molecular complexity index is 1140. The third kappa shape index (κ3) is 5.43. The number of fused-ring (bicyclic) bond motifs is 1. The number of allylic oxidation sites excluding steroid dienone is 1. The monoisotopic (exact) mass is 496 g/mol. The minimum atomic E-state index is 0.407. The van der Waals surface area contributed by atoms with Crippen molar-refractivity contribution in [2.75, 3.05) is 26.3 Å². The molecule has 178 valence electrons. The maximum Gasteiger partial charge on any atom is 0.191 e. The normalized spacial score (nSPS) is 16.5. The number of ether oxygens (including phenoxy) is 2. The fourth-order valence-electron chi connectivity index (χ4n) is 4.58. The van der Waals surface area contributed by atoms with Crippen LogP contribution in [0, 0.1) is 0 Å². The van der Waals surface area contributed by atoms with E-state index in [-0.39, 0.29) is 0 Å². The average molecular weight is 497 g/mol. The summed E-state index contributed by atoms with van der Waals surface area (Å²) in [4.78, 5) is 2.50. The fraction of sp³-hybridized carbons (Fsp3) is 0.385. The highest BCUT2D eigenvalue weighted by atomic mass is 35.5. The Morgan fingerprint density at radius 3 is 2.65 bits per heavy atom. The highest BCUT2D eigenvalue weighted by Crippen LogP contribution is 2.33. The third-order valence-electron chi connectivity index (χ3n) is 6.28. The zero-order chi connectivity index (χ0) is 23.3. The van der Waals surface area contributed by atoms with Gasteiger partial charge in [0.2, 0.25) is 0 Å². The van der Waals surface area contributed by atoms with E-state index in [1.807, 2.05) is 30.3 Å². The van der Waals surface area contributed by atoms with E-state index in [9.17, 15) is 0 Å². The van der Waals surface area contributed by atoms with Crippen LogP contribution in [-0.2, 0) is 18.8 Å². The van der Waals surface area contributed by atoms with Gasteiger partial charge in [0.15, 0.2) is 16.7 Å². The zero-order valence-corrected chi connectivity index (χ0v) is 20.7. The minimum absolute atomic E-state index is 0.407. The Balaban J connectivity index is 1.20. The van der Waals surface area contributed by atoms with Crippen LogP contribution in [0.15, 0.2) is 60.3 Å². The lowest BCUT2D eigenvalue weighted by Crippen LogP contribution is -2.33. The summed E-state index contributed by atoms with van der Waals surface area (Å²) in [6.45, 7) is 8.90. The van der Waals surface area contributed by atoms with Crippen molar-refractivity contribution in [3.63, 3.8) is 0 Å². The first-order chi connectivity index (χ1) is 16.7. The number of nitrogens with zero attached hydrogens (tertiary/aromatic N) is 4. The Morgan fingerprint density at radius 1 is 1.03 bits per heavy atom. The van der Waals surface area contributed by atoms with Gasteiger partial charge >= 0.3 is 0 Å². The number of likely N-dealkylation sites (tertiary alicyclic amines) is 1. The van der Waals surface area contributed by atoms with Crippen LogP contribution >= 0.6 is 23.4 Å². The minimum Gasteiger partial charge on any atom is -0.486 e. The molecular weight excluding hydrogens is 468 g/mol. The highest BCUT2D eigenvalue weighted by molar-refractivity contribution is 7.98. The number of thioether (sulfide) groups is 1. The highest BCUT2D eigenvalue weighted by Gasteiger charge is 2.26. The molecule has 3 aromatic rings. The van der Waals surface area contributed by atoms with Crippen molar-refractivity contribution >= 4 is 23.4 Å². The first kappa shape index (κ1) is 23.3. The van der Waals surface area contributed by atoms with Crippen molar-refractivity contribution in [1.82, 2.24) is 19.7 Å². The first-order valence-electron chi connectivity index (χ1n) is 11.7. The van der Waals surface area contributed by atoms with Crippen LogP contribution in [-0.4, -0.2) is 46.0 Å². The molecule has 34 heavy (non-hydrogen) atoms. The van der Waals surface area contributed by atoms with Crippen molar-refractivity contribution in [3.05, 3.63) is 77.1 Å². The van der Waals surface area contributed by atoms with E-state index in [0.717, 1.165) is 72.3 Å². The van der Waals surface area contributed by atoms with E-state index in [1.54, 1.807) is 11.8 Å². The quantitative estimate of drug-likeness (QED) is 0.300. The van der Waals surface area contributed by atoms with Gasteiger partial charge in [-0.25, -0.2) is 0 Å². The summed E-state index contributed by atoms with van der Waals surface area (Å²) < 4.78 is 13.6. The standard InChI is InChI=1S/C26H29ClN4O2S/c1-2-10-31-25(28-29-26(31)34-18-20-4-3-5-22(27)15-20)21-8-11-30(12-9-21)17-19-6-7-23-24(16-19)33-14-13-32-23/h2-7,15-16,21H,1,8-14,17-18H2. The van der Waals surface area contributed by atoms with Crippen LogP contribution in [0.4, 0.5) is 0 Å². The molecule has 3 heterocycles. The van der Waals surface area contributed by atoms with Crippen molar-refractivity contribution in [1.29, 1.82) is 0 Å². The molecule has 0 unspecified atom stereocenters. The van der Waals surface area contributed by atoms with E-state index in [0.29, 0.717) is 19.1 Å². The van der Waals surface area contributed by atoms with E-state index in [1.165, 1.54) is 11.1 Å². The molecule has 0 saturated carbocycles. The molecule has 2 aromatic carbocycles. The molecule has 8 heteroatoms. The van der Waals surface area contributed by atoms with Gasteiger partial charge in [-0.1, -0.05) is 47.6 Å². The van der Waals surface area contributed by atoms with Gasteiger partial charge in [-0.2, -0.15) is 0 Å². The molecular formula is C26H29ClN4O2S. The lowest BCUT2D eigenvalue weighted by atomic mass is 9.95. The van der Waals surface area contributed by atoms with Gasteiger partial charge in [0.05, 0.1) is 0 Å². The van der Waals surface area contributed by atoms with Gasteiger partial charge in [0, 0.05) is 29.8 Å². The van der Waals surface area contributed by atoms with Crippen molar-refractivity contribution in [3.8, 4) is 11.5 Å². The van der Waals surface area contributed by atoms with Crippen LogP contribution in [0.1, 0.15) is 35.7 Å². The van der Waals surface area contributed by atoms with Crippen LogP contribution in [0.2, 0.25) is 5.02 Å². The number of rotatable bonds is 8. The molecule has 0 spiro atoms. The van der Waals surface area contributed by atoms with Crippen LogP contribution < -0.4 is 9.47 Å². The summed E-state index contributed by atoms with van der Waals surface area (Å²) in [7, 11) is 0. The number of halogens is 1. The molecule has 6 nitrogen and oxygen atoms in total. The van der Waals surface area contributed by atoms with Gasteiger partial charge in [-0.05, 0) is 61.3 Å². The number of hydrogen-bond donors (Lipinski definition) is 0. The number of aromatic nitrogens is 3. The Labute approximate surface area is 209 Å². The SMILES string of the molecule is C=CCn1c(SCc2cccc(Cl)c2)nnc1C1CCN(Cc2ccc3c(c2)OCCO3)CC1. The molecule has 0 amide bonds. The predicted molar refractivity (Wildman–Crippen MR) is 136 cm³/mol. The first-order valence-corrected chi connectivity index (χ1v) is 13.1. The number of benzene rings is 2. The smallest absolute Gasteiger partial charge is 0.191 e. The average Bonchev–Trinajstić information content (AvgIpc) is 3.26. The molecule has 1 fully saturated rings. The molecule has 1 aromatic heterocycles. The van der Waals surface area contributed by atoms with E-state index in [4.69, 9.17) is 21.1 Å². The lowest BCUT2D eigenvalue weighted by molar-refractivity contribution is 0.170. The molecule has 0 aliphatic carbocycles. The maximum absolute atomic E-state index is 6.14. The van der Waals surface area contributed by atoms with Crippen molar-refractivity contribution in [2.45, 2.75) is 42.8 Å². The summed E-state index contributed by atoms with van der Waals surface area (Å²) in [5.74, 6) is 4.00. The molecule has 1 saturated heterocycles. The van der Waals surface area contributed by atoms with Crippen LogP contribution in [0.3, 0.4) is 0 Å². The Morgan fingerprint density at radius 2 is 1.85 bits per heavy atom. The summed E-state index contributed by atoms with van der Waals surface area (Å²) in [5, 5.41) is 10.8. The second-order valence-corrected chi connectivity index (χ2v) is 10.1. The molecule has 0 N–H and O–H groups in total. The predicted octanol–water partition coefficient (Wildman–Crippen LogP) is 5.56. The molecule has 5 rings (SSSR count). The summed E-state index contributed by atoms with van der Waals surface area (Å²) in [5.41, 5.74) is 2.44. The Kier molecular flexibility index (Phi) is 7.42. The number of hydrogen-bond acceptors (Lipinski definition) is 6. The van der Waals surface area contributed by atoms with Gasteiger partial charge < -0.3 is 14.0 Å². The summed E-state index contributed by atoms with van der Waals surface area (Å²) in [6.07, 6.45) is 4.06. The van der Waals surface area contributed by atoms with E-state index in [2.05, 4.69) is 44.4 Å². The lowest BCUT2D eigenvalue weighted by Gasteiger charge is -2.32. The molecule has 2 aliphatic rings. The summed E-state index contributed by atoms with van der Waals surface area (Å²) >= 11 is 7.83. The van der Waals surface area contributed by atoms with Crippen LogP contribution in [0.25, 0.3) is 0 Å². The maximum atomic E-state index is 6.14. The third-order valence-corrected chi connectivity index (χ3v) is 7.55. The largest absolute Gasteiger partial charge is 0.486 e. The molecule has 0 bridgehead atoms. The van der Waals surface area contributed by atoms with Crippen molar-refractivity contribution in [2.24, 2.45) is 0 Å².